The Labute approximate surface area is 162 Å². The molecule has 10 heteroatoms. The maximum absolute atomic E-state index is 12.2. The van der Waals surface area contributed by atoms with E-state index in [4.69, 9.17) is 12.2 Å². The Balaban J connectivity index is 1.88. The van der Waals surface area contributed by atoms with Crippen LogP contribution in [-0.2, 0) is 10.0 Å². The molecule has 0 aliphatic rings. The van der Waals surface area contributed by atoms with Crippen molar-refractivity contribution in [1.82, 2.24) is 16.2 Å². The number of rotatable bonds is 7. The minimum atomic E-state index is -3.61. The molecule has 0 fully saturated rings. The van der Waals surface area contributed by atoms with E-state index in [1.165, 1.54) is 30.3 Å². The molecular weight excluding hydrogens is 392 g/mol. The third kappa shape index (κ3) is 5.97. The molecule has 1 amide bonds. The van der Waals surface area contributed by atoms with E-state index < -0.39 is 10.0 Å². The Morgan fingerprint density at radius 2 is 1.88 bits per heavy atom. The monoisotopic (exact) mass is 412 g/mol. The molecule has 0 bridgehead atoms. The molecule has 1 aromatic heterocycles. The van der Waals surface area contributed by atoms with Crippen LogP contribution >= 0.6 is 23.6 Å². The minimum absolute atomic E-state index is 0.229. The second-order valence-electron chi connectivity index (χ2n) is 5.30. The molecule has 26 heavy (non-hydrogen) atoms. The smallest absolute Gasteiger partial charge is 0.271 e. The summed E-state index contributed by atoms with van der Waals surface area (Å²) in [6, 6.07) is 9.29. The van der Waals surface area contributed by atoms with Gasteiger partial charge in [0.2, 0.25) is 0 Å². The molecule has 0 aliphatic heterocycles. The van der Waals surface area contributed by atoms with Crippen molar-refractivity contribution in [3.63, 3.8) is 0 Å². The highest BCUT2D eigenvalue weighted by molar-refractivity contribution is 7.94. The van der Waals surface area contributed by atoms with Crippen LogP contribution in [-0.4, -0.2) is 26.0 Å². The van der Waals surface area contributed by atoms with E-state index in [1.54, 1.807) is 11.4 Å². The van der Waals surface area contributed by atoms with Gasteiger partial charge in [-0.2, -0.15) is 0 Å². The second kappa shape index (κ2) is 9.51. The van der Waals surface area contributed by atoms with Gasteiger partial charge in [-0.25, -0.2) is 8.42 Å². The van der Waals surface area contributed by atoms with Gasteiger partial charge in [0.15, 0.2) is 5.11 Å². The van der Waals surface area contributed by atoms with Crippen LogP contribution in [0.15, 0.2) is 46.0 Å². The number of anilines is 1. The lowest BCUT2D eigenvalue weighted by Crippen LogP contribution is -2.46. The summed E-state index contributed by atoms with van der Waals surface area (Å²) in [5.74, 6) is -0.377. The Morgan fingerprint density at radius 3 is 2.50 bits per heavy atom. The molecule has 140 valence electrons. The highest BCUT2D eigenvalue weighted by atomic mass is 32.2. The molecule has 2 aromatic rings. The van der Waals surface area contributed by atoms with Gasteiger partial charge in [0.25, 0.3) is 15.9 Å². The number of benzene rings is 1. The van der Waals surface area contributed by atoms with Gasteiger partial charge < -0.3 is 5.32 Å². The molecule has 1 aromatic carbocycles. The van der Waals surface area contributed by atoms with E-state index in [0.717, 1.165) is 30.7 Å². The summed E-state index contributed by atoms with van der Waals surface area (Å²) in [5, 5.41) is 5.00. The SMILES string of the molecule is CCCCNC(=S)NNC(=O)c1ccc(NS(=O)(=O)c2cccs2)cc1. The molecule has 0 radical (unpaired) electrons. The minimum Gasteiger partial charge on any atom is -0.361 e. The van der Waals surface area contributed by atoms with Crippen molar-refractivity contribution in [3.8, 4) is 0 Å². The zero-order chi connectivity index (χ0) is 19.0. The number of carbonyl (C=O) groups excluding carboxylic acids is 1. The average molecular weight is 413 g/mol. The number of unbranched alkanes of at least 4 members (excludes halogenated alkanes) is 1. The fraction of sp³-hybridized carbons (Fsp3) is 0.250. The average Bonchev–Trinajstić information content (AvgIpc) is 3.16. The number of thiocarbonyl (C=S) groups is 1. The van der Waals surface area contributed by atoms with Crippen molar-refractivity contribution < 1.29 is 13.2 Å². The van der Waals surface area contributed by atoms with Gasteiger partial charge in [0, 0.05) is 17.8 Å². The molecule has 0 spiro atoms. The molecule has 0 saturated heterocycles. The van der Waals surface area contributed by atoms with Crippen LogP contribution in [0.25, 0.3) is 0 Å². The number of carbonyl (C=O) groups is 1. The predicted octanol–water partition coefficient (Wildman–Crippen LogP) is 2.46. The zero-order valence-electron chi connectivity index (χ0n) is 14.1. The quantitative estimate of drug-likeness (QED) is 0.317. The maximum Gasteiger partial charge on any atom is 0.271 e. The molecule has 1 heterocycles. The van der Waals surface area contributed by atoms with Crippen LogP contribution in [0.1, 0.15) is 30.1 Å². The van der Waals surface area contributed by atoms with Crippen LogP contribution < -0.4 is 20.9 Å². The molecule has 0 saturated carbocycles. The van der Waals surface area contributed by atoms with E-state index in [9.17, 15) is 13.2 Å². The Bertz CT molecular complexity index is 834. The van der Waals surface area contributed by atoms with E-state index in [-0.39, 0.29) is 10.1 Å². The summed E-state index contributed by atoms with van der Waals surface area (Å²) in [6.07, 6.45) is 2.03. The van der Waals surface area contributed by atoms with Gasteiger partial charge in [0.05, 0.1) is 0 Å². The molecule has 0 atom stereocenters. The van der Waals surface area contributed by atoms with Gasteiger partial charge >= 0.3 is 0 Å². The first-order valence-corrected chi connectivity index (χ1v) is 10.7. The van der Waals surface area contributed by atoms with E-state index in [0.29, 0.717) is 16.4 Å². The van der Waals surface area contributed by atoms with Crippen molar-refractivity contribution in [2.45, 2.75) is 24.0 Å². The van der Waals surface area contributed by atoms with Gasteiger partial charge in [-0.3, -0.25) is 20.4 Å². The number of hydrogen-bond donors (Lipinski definition) is 4. The topological polar surface area (TPSA) is 99.3 Å². The number of sulfonamides is 1. The normalized spacial score (nSPS) is 10.8. The van der Waals surface area contributed by atoms with Crippen molar-refractivity contribution in [2.75, 3.05) is 11.3 Å². The first-order chi connectivity index (χ1) is 12.4. The molecular formula is C16H20N4O3S3. The fourth-order valence-corrected chi connectivity index (χ4v) is 4.12. The van der Waals surface area contributed by atoms with Gasteiger partial charge in [-0.05, 0) is 54.4 Å². The lowest BCUT2D eigenvalue weighted by atomic mass is 10.2. The van der Waals surface area contributed by atoms with Gasteiger partial charge in [0.1, 0.15) is 4.21 Å². The van der Waals surface area contributed by atoms with Crippen molar-refractivity contribution in [1.29, 1.82) is 0 Å². The Hall–Kier alpha value is -2.17. The molecule has 2 rings (SSSR count). The zero-order valence-corrected chi connectivity index (χ0v) is 16.6. The maximum atomic E-state index is 12.2. The van der Waals surface area contributed by atoms with E-state index >= 15 is 0 Å². The van der Waals surface area contributed by atoms with E-state index in [2.05, 4.69) is 27.8 Å². The third-order valence-corrected chi connectivity index (χ3v) is 6.29. The first-order valence-electron chi connectivity index (χ1n) is 7.93. The molecule has 4 N–H and O–H groups in total. The second-order valence-corrected chi connectivity index (χ2v) is 8.57. The van der Waals surface area contributed by atoms with Crippen LogP contribution in [0.5, 0.6) is 0 Å². The van der Waals surface area contributed by atoms with Crippen molar-refractivity contribution in [3.05, 3.63) is 47.3 Å². The van der Waals surface area contributed by atoms with Crippen LogP contribution in [0.4, 0.5) is 5.69 Å². The number of amides is 1. The summed E-state index contributed by atoms with van der Waals surface area (Å²) < 4.78 is 27.0. The highest BCUT2D eigenvalue weighted by Crippen LogP contribution is 2.20. The number of thiophene rings is 1. The largest absolute Gasteiger partial charge is 0.361 e. The fourth-order valence-electron chi connectivity index (χ4n) is 1.92. The molecule has 0 aliphatic carbocycles. The Morgan fingerprint density at radius 1 is 1.15 bits per heavy atom. The summed E-state index contributed by atoms with van der Waals surface area (Å²) in [6.45, 7) is 2.81. The van der Waals surface area contributed by atoms with Crippen LogP contribution in [0, 0.1) is 0 Å². The van der Waals surface area contributed by atoms with Crippen LogP contribution in [0.3, 0.4) is 0 Å². The van der Waals surface area contributed by atoms with Gasteiger partial charge in [-0.15, -0.1) is 11.3 Å². The summed E-state index contributed by atoms with van der Waals surface area (Å²) >= 11 is 6.17. The number of hydrazine groups is 1. The molecule has 7 nitrogen and oxygen atoms in total. The van der Waals surface area contributed by atoms with E-state index in [1.807, 2.05) is 0 Å². The lowest BCUT2D eigenvalue weighted by Gasteiger charge is -2.11. The number of nitrogens with one attached hydrogen (secondary N) is 4. The summed E-state index contributed by atoms with van der Waals surface area (Å²) in [5.41, 5.74) is 5.85. The number of hydrogen-bond acceptors (Lipinski definition) is 5. The lowest BCUT2D eigenvalue weighted by molar-refractivity contribution is 0.0943. The predicted molar refractivity (Wildman–Crippen MR) is 108 cm³/mol. The Kier molecular flexibility index (Phi) is 7.37. The summed E-state index contributed by atoms with van der Waals surface area (Å²) in [7, 11) is -3.61. The summed E-state index contributed by atoms with van der Waals surface area (Å²) in [4.78, 5) is 12.1. The standard InChI is InChI=1S/C16H20N4O3S3/c1-2-3-10-17-16(24)19-18-15(21)12-6-8-13(9-7-12)20-26(22,23)14-5-4-11-25-14/h4-9,11,20H,2-3,10H2,1H3,(H,18,21)(H2,17,19,24). The van der Waals surface area contributed by atoms with Crippen LogP contribution in [0.2, 0.25) is 0 Å². The third-order valence-electron chi connectivity index (χ3n) is 3.26. The van der Waals surface area contributed by atoms with Gasteiger partial charge in [-0.1, -0.05) is 19.4 Å². The highest BCUT2D eigenvalue weighted by Gasteiger charge is 2.15. The molecule has 0 unspecified atom stereocenters. The van der Waals surface area contributed by atoms with Crippen molar-refractivity contribution in [2.24, 2.45) is 0 Å². The van der Waals surface area contributed by atoms with Crippen molar-refractivity contribution >= 4 is 50.3 Å². The first kappa shape index (κ1) is 20.1.